The Labute approximate surface area is 148 Å². The van der Waals surface area contributed by atoms with Gasteiger partial charge in [0.2, 0.25) is 0 Å². The number of alkyl halides is 3. The molecule has 0 spiro atoms. The highest BCUT2D eigenvalue weighted by Gasteiger charge is 2.60. The van der Waals surface area contributed by atoms with Crippen molar-refractivity contribution in [1.29, 1.82) is 0 Å². The van der Waals surface area contributed by atoms with Crippen LogP contribution in [0.25, 0.3) is 0 Å². The Morgan fingerprint density at radius 2 is 1.46 bits per heavy atom. The van der Waals surface area contributed by atoms with E-state index >= 15 is 0 Å². The molecule has 1 heterocycles. The molecule has 0 aromatic carbocycles. The van der Waals surface area contributed by atoms with Crippen molar-refractivity contribution in [3.8, 4) is 0 Å². The summed E-state index contributed by atoms with van der Waals surface area (Å²) in [6.45, 7) is 6.55. The number of carbonyl (C=O) groups excluding carboxylic acids is 4. The summed E-state index contributed by atoms with van der Waals surface area (Å²) in [4.78, 5) is 53.9. The summed E-state index contributed by atoms with van der Waals surface area (Å²) in [5, 5.41) is 0. The first kappa shape index (κ1) is 19.9. The number of Topliss-reactive ketones (excluding diaryl/α,β-unsaturated/α-hetero) is 4. The first-order valence-electron chi connectivity index (χ1n) is 7.86. The fourth-order valence-corrected chi connectivity index (χ4v) is 3.22. The summed E-state index contributed by atoms with van der Waals surface area (Å²) in [6.07, 6.45) is -4.68. The zero-order valence-corrected chi connectivity index (χ0v) is 14.9. The molecular weight excluding hydrogens is 351 g/mol. The fraction of sp³-hybridized carbons (Fsp3) is 0.500. The van der Waals surface area contributed by atoms with Crippen LogP contribution in [0.2, 0.25) is 0 Å². The van der Waals surface area contributed by atoms with Gasteiger partial charge in [-0.05, 0) is 46.8 Å². The predicted octanol–water partition coefficient (Wildman–Crippen LogP) is 2.98. The zero-order valence-electron chi connectivity index (χ0n) is 14.9. The lowest BCUT2D eigenvalue weighted by Gasteiger charge is -2.40. The van der Waals surface area contributed by atoms with Crippen LogP contribution in [0.4, 0.5) is 13.2 Å². The molecule has 1 aliphatic rings. The average molecular weight is 369 g/mol. The number of halogens is 3. The highest BCUT2D eigenvalue weighted by atomic mass is 19.4. The Morgan fingerprint density at radius 1 is 1.00 bits per heavy atom. The van der Waals surface area contributed by atoms with Crippen LogP contribution in [0.5, 0.6) is 0 Å². The first-order chi connectivity index (χ1) is 11.6. The third-order valence-electron chi connectivity index (χ3n) is 4.80. The Bertz CT molecular complexity index is 807. The fourth-order valence-electron chi connectivity index (χ4n) is 3.22. The van der Waals surface area contributed by atoms with Crippen LogP contribution < -0.4 is 0 Å². The van der Waals surface area contributed by atoms with Crippen LogP contribution in [0, 0.1) is 23.7 Å². The molecule has 0 atom stereocenters. The first-order valence-corrected chi connectivity index (χ1v) is 7.86. The molecule has 1 fully saturated rings. The Hall–Kier alpha value is -2.38. The summed E-state index contributed by atoms with van der Waals surface area (Å²) in [5.41, 5.74) is -4.76. The number of aryl methyl sites for hydroxylation is 1. The molecule has 0 radical (unpaired) electrons. The van der Waals surface area contributed by atoms with Gasteiger partial charge in [0, 0.05) is 11.3 Å². The summed E-state index contributed by atoms with van der Waals surface area (Å²) in [6, 6.07) is 1.53. The topological polar surface area (TPSA) is 81.2 Å². The second kappa shape index (κ2) is 5.82. The number of nitrogens with zero attached hydrogens (tertiary/aromatic N) is 1. The normalized spacial score (nSPS) is 20.4. The molecule has 0 bridgehead atoms. The van der Waals surface area contributed by atoms with Crippen LogP contribution in [0.1, 0.15) is 49.4 Å². The van der Waals surface area contributed by atoms with Crippen molar-refractivity contribution in [3.63, 3.8) is 0 Å². The van der Waals surface area contributed by atoms with Gasteiger partial charge >= 0.3 is 6.18 Å². The molecule has 0 unspecified atom stereocenters. The number of hydrogen-bond acceptors (Lipinski definition) is 5. The van der Waals surface area contributed by atoms with Crippen molar-refractivity contribution >= 4 is 23.1 Å². The molecule has 1 aliphatic carbocycles. The summed E-state index contributed by atoms with van der Waals surface area (Å²) in [7, 11) is 0. The van der Waals surface area contributed by atoms with Gasteiger partial charge in [-0.1, -0.05) is 0 Å². The lowest BCUT2D eigenvalue weighted by molar-refractivity contribution is -0.158. The molecule has 5 nitrogen and oxygen atoms in total. The van der Waals surface area contributed by atoms with Crippen molar-refractivity contribution in [2.24, 2.45) is 16.7 Å². The van der Waals surface area contributed by atoms with Crippen molar-refractivity contribution in [2.75, 3.05) is 0 Å². The van der Waals surface area contributed by atoms with Gasteiger partial charge in [0.15, 0.2) is 23.1 Å². The molecule has 2 rings (SSSR count). The monoisotopic (exact) mass is 369 g/mol. The molecule has 1 aromatic heterocycles. The number of aromatic nitrogens is 1. The minimum Gasteiger partial charge on any atom is -0.297 e. The standard InChI is InChI=1S/C18H18F3NO4/c1-8-9(6-7-10(22-8)18(19,20)21)12(23)11-13(24)16(2,3)15(26)17(4,5)14(11)25/h6-7,11H,1-5H3. The van der Waals surface area contributed by atoms with Gasteiger partial charge in [0.25, 0.3) is 0 Å². The van der Waals surface area contributed by atoms with Gasteiger partial charge < -0.3 is 0 Å². The van der Waals surface area contributed by atoms with Crippen molar-refractivity contribution in [3.05, 3.63) is 29.1 Å². The molecule has 1 aromatic rings. The lowest BCUT2D eigenvalue weighted by Crippen LogP contribution is -2.59. The van der Waals surface area contributed by atoms with Crippen molar-refractivity contribution < 1.29 is 32.3 Å². The van der Waals surface area contributed by atoms with Crippen LogP contribution in [0.3, 0.4) is 0 Å². The van der Waals surface area contributed by atoms with Crippen LogP contribution in [-0.2, 0) is 20.6 Å². The average Bonchev–Trinajstić information content (AvgIpc) is 2.51. The van der Waals surface area contributed by atoms with E-state index in [0.29, 0.717) is 6.07 Å². The second-order valence-electron chi connectivity index (χ2n) is 7.43. The summed E-state index contributed by atoms with van der Waals surface area (Å²) in [5.74, 6) is -4.97. The smallest absolute Gasteiger partial charge is 0.297 e. The molecule has 0 amide bonds. The van der Waals surface area contributed by atoms with Gasteiger partial charge in [0.1, 0.15) is 11.6 Å². The maximum absolute atomic E-state index is 12.8. The lowest BCUT2D eigenvalue weighted by atomic mass is 9.57. The van der Waals surface area contributed by atoms with Crippen LogP contribution in [-0.4, -0.2) is 28.1 Å². The number of rotatable bonds is 2. The van der Waals surface area contributed by atoms with Crippen LogP contribution >= 0.6 is 0 Å². The van der Waals surface area contributed by atoms with Gasteiger partial charge in [0.05, 0.1) is 10.8 Å². The van der Waals surface area contributed by atoms with Gasteiger partial charge in [-0.3, -0.25) is 19.2 Å². The molecule has 1 saturated carbocycles. The van der Waals surface area contributed by atoms with E-state index in [2.05, 4.69) is 4.98 Å². The molecular formula is C18H18F3NO4. The molecule has 140 valence electrons. The van der Waals surface area contributed by atoms with Gasteiger partial charge in [-0.2, -0.15) is 13.2 Å². The van der Waals surface area contributed by atoms with Gasteiger partial charge in [-0.15, -0.1) is 0 Å². The van der Waals surface area contributed by atoms with E-state index in [1.165, 1.54) is 34.6 Å². The maximum atomic E-state index is 12.8. The SMILES string of the molecule is Cc1nc(C(F)(F)F)ccc1C(=O)C1C(=O)C(C)(C)C(=O)C(C)(C)C1=O. The zero-order chi connectivity index (χ0) is 20.2. The minimum atomic E-state index is -4.68. The molecule has 26 heavy (non-hydrogen) atoms. The number of carbonyl (C=O) groups is 4. The van der Waals surface area contributed by atoms with E-state index in [1.54, 1.807) is 0 Å². The highest BCUT2D eigenvalue weighted by molar-refractivity contribution is 6.37. The number of ketones is 4. The van der Waals surface area contributed by atoms with E-state index in [9.17, 15) is 32.3 Å². The number of pyridine rings is 1. The van der Waals surface area contributed by atoms with E-state index in [-0.39, 0.29) is 11.3 Å². The molecule has 8 heteroatoms. The van der Waals surface area contributed by atoms with E-state index in [0.717, 1.165) is 6.07 Å². The van der Waals surface area contributed by atoms with Crippen LogP contribution in [0.15, 0.2) is 12.1 Å². The van der Waals surface area contributed by atoms with E-state index in [4.69, 9.17) is 0 Å². The van der Waals surface area contributed by atoms with Crippen molar-refractivity contribution in [2.45, 2.75) is 40.8 Å². The molecule has 0 N–H and O–H groups in total. The third kappa shape index (κ3) is 2.87. The Kier molecular flexibility index (Phi) is 4.46. The highest BCUT2D eigenvalue weighted by Crippen LogP contribution is 2.42. The third-order valence-corrected chi connectivity index (χ3v) is 4.80. The van der Waals surface area contributed by atoms with E-state index < -0.39 is 51.8 Å². The Morgan fingerprint density at radius 3 is 1.85 bits per heavy atom. The minimum absolute atomic E-state index is 0.238. The summed E-state index contributed by atoms with van der Waals surface area (Å²) >= 11 is 0. The van der Waals surface area contributed by atoms with Crippen molar-refractivity contribution in [1.82, 2.24) is 4.98 Å². The quantitative estimate of drug-likeness (QED) is 0.591. The Balaban J connectivity index is 2.54. The number of hydrogen-bond donors (Lipinski definition) is 0. The molecule has 0 saturated heterocycles. The predicted molar refractivity (Wildman–Crippen MR) is 84.4 cm³/mol. The molecule has 0 aliphatic heterocycles. The van der Waals surface area contributed by atoms with E-state index in [1.807, 2.05) is 0 Å². The largest absolute Gasteiger partial charge is 0.433 e. The maximum Gasteiger partial charge on any atom is 0.433 e. The summed E-state index contributed by atoms with van der Waals surface area (Å²) < 4.78 is 38.2. The second-order valence-corrected chi connectivity index (χ2v) is 7.43. The van der Waals surface area contributed by atoms with Gasteiger partial charge in [-0.25, -0.2) is 4.98 Å².